The fourth-order valence-corrected chi connectivity index (χ4v) is 2.05. The molecule has 76 valence electrons. The molecule has 1 fully saturated rings. The van der Waals surface area contributed by atoms with Crippen molar-refractivity contribution in [3.8, 4) is 0 Å². The molecule has 2 rings (SSSR count). The van der Waals surface area contributed by atoms with Crippen molar-refractivity contribution in [1.29, 1.82) is 0 Å². The minimum atomic E-state index is -0.341. The van der Waals surface area contributed by atoms with Crippen LogP contribution < -0.4 is 5.32 Å². The van der Waals surface area contributed by atoms with Gasteiger partial charge in [-0.15, -0.1) is 0 Å². The minimum absolute atomic E-state index is 0.217. The maximum Gasteiger partial charge on any atom is 0.141 e. The van der Waals surface area contributed by atoms with Gasteiger partial charge >= 0.3 is 0 Å². The molecule has 1 aliphatic rings. The summed E-state index contributed by atoms with van der Waals surface area (Å²) < 4.78 is 12.9. The van der Waals surface area contributed by atoms with Gasteiger partial charge in [0.05, 0.1) is 5.02 Å². The molecule has 0 aliphatic carbocycles. The molecule has 0 radical (unpaired) electrons. The molecule has 1 aromatic rings. The number of hydrogen-bond acceptors (Lipinski definition) is 1. The lowest BCUT2D eigenvalue weighted by atomic mass is 9.98. The summed E-state index contributed by atoms with van der Waals surface area (Å²) in [7, 11) is 0. The highest BCUT2D eigenvalue weighted by molar-refractivity contribution is 6.30. The summed E-state index contributed by atoms with van der Waals surface area (Å²) in [6.45, 7) is 1.04. The molecule has 0 amide bonds. The largest absolute Gasteiger partial charge is 0.310 e. The van der Waals surface area contributed by atoms with E-state index < -0.39 is 0 Å². The van der Waals surface area contributed by atoms with Crippen LogP contribution in [0.3, 0.4) is 0 Å². The second-order valence-electron chi connectivity index (χ2n) is 3.68. The van der Waals surface area contributed by atoms with Gasteiger partial charge in [0.15, 0.2) is 0 Å². The summed E-state index contributed by atoms with van der Waals surface area (Å²) in [6.07, 6.45) is 3.57. The Bertz CT molecular complexity index is 321. The Balaban J connectivity index is 2.18. The maximum atomic E-state index is 12.9. The molecule has 14 heavy (non-hydrogen) atoms. The lowest BCUT2D eigenvalue weighted by Gasteiger charge is -2.23. The first kappa shape index (κ1) is 9.94. The summed E-state index contributed by atoms with van der Waals surface area (Å²) in [5.74, 6) is -0.341. The normalized spacial score (nSPS) is 22.3. The molecule has 1 nitrogen and oxygen atoms in total. The van der Waals surface area contributed by atoms with Crippen molar-refractivity contribution < 1.29 is 4.39 Å². The summed E-state index contributed by atoms with van der Waals surface area (Å²) >= 11 is 5.73. The molecule has 0 unspecified atom stereocenters. The highest BCUT2D eigenvalue weighted by Gasteiger charge is 2.15. The number of hydrogen-bond donors (Lipinski definition) is 1. The third-order valence-corrected chi connectivity index (χ3v) is 2.95. The molecular weight excluding hydrogens is 201 g/mol. The number of piperidine rings is 1. The van der Waals surface area contributed by atoms with Crippen molar-refractivity contribution in [3.05, 3.63) is 34.6 Å². The maximum absolute atomic E-state index is 12.9. The predicted molar refractivity (Wildman–Crippen MR) is 56.0 cm³/mol. The molecule has 1 N–H and O–H groups in total. The van der Waals surface area contributed by atoms with Gasteiger partial charge in [-0.25, -0.2) is 4.39 Å². The Morgan fingerprint density at radius 2 is 2.21 bits per heavy atom. The molecule has 1 atom stereocenters. The monoisotopic (exact) mass is 213 g/mol. The van der Waals surface area contributed by atoms with Gasteiger partial charge in [-0.2, -0.15) is 0 Å². The van der Waals surface area contributed by atoms with Gasteiger partial charge in [0, 0.05) is 6.04 Å². The first-order valence-corrected chi connectivity index (χ1v) is 5.33. The van der Waals surface area contributed by atoms with Crippen LogP contribution in [0.5, 0.6) is 0 Å². The number of nitrogens with one attached hydrogen (secondary N) is 1. The van der Waals surface area contributed by atoms with Crippen LogP contribution in [0.25, 0.3) is 0 Å². The Kier molecular flexibility index (Phi) is 3.04. The Hall–Kier alpha value is -0.600. The molecule has 0 spiro atoms. The molecule has 1 saturated heterocycles. The predicted octanol–water partition coefficient (Wildman–Crippen LogP) is 3.29. The van der Waals surface area contributed by atoms with E-state index in [2.05, 4.69) is 5.32 Å². The highest BCUT2D eigenvalue weighted by atomic mass is 35.5. The molecule has 1 aliphatic heterocycles. The van der Waals surface area contributed by atoms with Crippen LogP contribution in [-0.2, 0) is 0 Å². The number of halogens is 2. The second-order valence-corrected chi connectivity index (χ2v) is 4.08. The SMILES string of the molecule is Fc1ccc([C@@H]2CCCCN2)cc1Cl. The van der Waals surface area contributed by atoms with Crippen molar-refractivity contribution in [1.82, 2.24) is 5.32 Å². The van der Waals surface area contributed by atoms with Gasteiger partial charge in [0.1, 0.15) is 5.82 Å². The third-order valence-electron chi connectivity index (χ3n) is 2.66. The topological polar surface area (TPSA) is 12.0 Å². The van der Waals surface area contributed by atoms with E-state index in [1.54, 1.807) is 6.07 Å². The number of benzene rings is 1. The fraction of sp³-hybridized carbons (Fsp3) is 0.455. The lowest BCUT2D eigenvalue weighted by Crippen LogP contribution is -2.26. The first-order chi connectivity index (χ1) is 6.77. The molecule has 1 aromatic carbocycles. The van der Waals surface area contributed by atoms with Crippen LogP contribution in [0, 0.1) is 5.82 Å². The van der Waals surface area contributed by atoms with E-state index in [0.717, 1.165) is 18.5 Å². The summed E-state index contributed by atoms with van der Waals surface area (Å²) in [4.78, 5) is 0. The lowest BCUT2D eigenvalue weighted by molar-refractivity contribution is 0.412. The number of rotatable bonds is 1. The zero-order chi connectivity index (χ0) is 9.97. The van der Waals surface area contributed by atoms with Crippen LogP contribution in [0.2, 0.25) is 5.02 Å². The first-order valence-electron chi connectivity index (χ1n) is 4.96. The standard InChI is InChI=1S/C11H13ClFN/c12-9-7-8(4-5-10(9)13)11-3-1-2-6-14-11/h4-5,7,11,14H,1-3,6H2/t11-/m0/s1. The Labute approximate surface area is 88.3 Å². The van der Waals surface area contributed by atoms with Gasteiger partial charge in [-0.3, -0.25) is 0 Å². The van der Waals surface area contributed by atoms with Gasteiger partial charge in [0.25, 0.3) is 0 Å². The molecule has 0 bridgehead atoms. The third kappa shape index (κ3) is 2.07. The van der Waals surface area contributed by atoms with Crippen molar-refractivity contribution in [2.75, 3.05) is 6.54 Å². The fourth-order valence-electron chi connectivity index (χ4n) is 1.87. The smallest absolute Gasteiger partial charge is 0.141 e. The zero-order valence-corrected chi connectivity index (χ0v) is 8.65. The van der Waals surface area contributed by atoms with Crippen molar-refractivity contribution >= 4 is 11.6 Å². The van der Waals surface area contributed by atoms with E-state index >= 15 is 0 Å². The highest BCUT2D eigenvalue weighted by Crippen LogP contribution is 2.26. The van der Waals surface area contributed by atoms with Crippen LogP contribution in [0.1, 0.15) is 30.9 Å². The van der Waals surface area contributed by atoms with Gasteiger partial charge in [-0.05, 0) is 37.1 Å². The molecule has 0 aromatic heterocycles. The van der Waals surface area contributed by atoms with E-state index in [4.69, 9.17) is 11.6 Å². The van der Waals surface area contributed by atoms with E-state index in [9.17, 15) is 4.39 Å². The summed E-state index contributed by atoms with van der Waals surface area (Å²) in [6, 6.07) is 5.32. The molecule has 3 heteroatoms. The van der Waals surface area contributed by atoms with E-state index in [-0.39, 0.29) is 10.8 Å². The average molecular weight is 214 g/mol. The van der Waals surface area contributed by atoms with Crippen molar-refractivity contribution in [3.63, 3.8) is 0 Å². The van der Waals surface area contributed by atoms with Crippen molar-refractivity contribution in [2.24, 2.45) is 0 Å². The molecular formula is C11H13ClFN. The quantitative estimate of drug-likeness (QED) is 0.755. The second kappa shape index (κ2) is 4.28. The molecule has 1 heterocycles. The van der Waals surface area contributed by atoms with E-state index in [0.29, 0.717) is 6.04 Å². The Morgan fingerprint density at radius 1 is 1.36 bits per heavy atom. The summed E-state index contributed by atoms with van der Waals surface area (Å²) in [5, 5.41) is 3.62. The van der Waals surface area contributed by atoms with Crippen LogP contribution in [0.15, 0.2) is 18.2 Å². The van der Waals surface area contributed by atoms with Crippen LogP contribution >= 0.6 is 11.6 Å². The van der Waals surface area contributed by atoms with Gasteiger partial charge < -0.3 is 5.32 Å². The van der Waals surface area contributed by atoms with Gasteiger partial charge in [-0.1, -0.05) is 24.1 Å². The Morgan fingerprint density at radius 3 is 2.86 bits per heavy atom. The summed E-state index contributed by atoms with van der Waals surface area (Å²) in [5.41, 5.74) is 1.09. The van der Waals surface area contributed by atoms with E-state index in [1.165, 1.54) is 18.9 Å². The van der Waals surface area contributed by atoms with Crippen molar-refractivity contribution in [2.45, 2.75) is 25.3 Å². The molecule has 0 saturated carbocycles. The van der Waals surface area contributed by atoms with Crippen LogP contribution in [0.4, 0.5) is 4.39 Å². The van der Waals surface area contributed by atoms with Gasteiger partial charge in [0.2, 0.25) is 0 Å². The average Bonchev–Trinajstić information content (AvgIpc) is 2.23. The zero-order valence-electron chi connectivity index (χ0n) is 7.89. The van der Waals surface area contributed by atoms with E-state index in [1.807, 2.05) is 6.07 Å². The minimum Gasteiger partial charge on any atom is -0.310 e. The van der Waals surface area contributed by atoms with Crippen LogP contribution in [-0.4, -0.2) is 6.54 Å².